The van der Waals surface area contributed by atoms with Crippen molar-refractivity contribution in [3.05, 3.63) is 30.0 Å². The molecule has 100 valence electrons. The molecule has 2 rings (SSSR count). The number of carboxylic acids is 1. The number of hydrogen-bond acceptors (Lipinski definition) is 3. The van der Waals surface area contributed by atoms with E-state index in [0.29, 0.717) is 12.2 Å². The lowest BCUT2D eigenvalue weighted by atomic mass is 10.1. The van der Waals surface area contributed by atoms with Crippen LogP contribution in [0.2, 0.25) is 0 Å². The van der Waals surface area contributed by atoms with Crippen LogP contribution in [0.5, 0.6) is 0 Å². The first kappa shape index (κ1) is 13.1. The van der Waals surface area contributed by atoms with Gasteiger partial charge in [0.1, 0.15) is 0 Å². The molecule has 1 unspecified atom stereocenters. The zero-order valence-corrected chi connectivity index (χ0v) is 10.5. The van der Waals surface area contributed by atoms with Crippen LogP contribution in [0.1, 0.15) is 23.8 Å². The SMILES string of the molecule is CC(CNC(=O)c1n[nH]c2ccccc12)CC(=O)O. The Labute approximate surface area is 109 Å². The highest BCUT2D eigenvalue weighted by molar-refractivity contribution is 6.04. The van der Waals surface area contributed by atoms with Gasteiger partial charge in [-0.1, -0.05) is 25.1 Å². The molecular formula is C13H15N3O3. The van der Waals surface area contributed by atoms with Gasteiger partial charge >= 0.3 is 5.97 Å². The van der Waals surface area contributed by atoms with E-state index in [0.717, 1.165) is 10.9 Å². The summed E-state index contributed by atoms with van der Waals surface area (Å²) >= 11 is 0. The number of para-hydroxylation sites is 1. The van der Waals surface area contributed by atoms with Crippen molar-refractivity contribution in [2.24, 2.45) is 5.92 Å². The van der Waals surface area contributed by atoms with Gasteiger partial charge in [-0.25, -0.2) is 0 Å². The van der Waals surface area contributed by atoms with Gasteiger partial charge in [-0.3, -0.25) is 14.7 Å². The molecule has 6 nitrogen and oxygen atoms in total. The standard InChI is InChI=1S/C13H15N3O3/c1-8(6-11(17)18)7-14-13(19)12-9-4-2-3-5-10(9)15-16-12/h2-5,8H,6-7H2,1H3,(H,14,19)(H,15,16)(H,17,18). The first-order valence-corrected chi connectivity index (χ1v) is 6.01. The van der Waals surface area contributed by atoms with Gasteiger partial charge in [0.2, 0.25) is 0 Å². The quantitative estimate of drug-likeness (QED) is 0.758. The second-order valence-corrected chi connectivity index (χ2v) is 4.53. The van der Waals surface area contributed by atoms with E-state index in [1.54, 1.807) is 6.92 Å². The van der Waals surface area contributed by atoms with Gasteiger partial charge in [0.25, 0.3) is 5.91 Å². The van der Waals surface area contributed by atoms with Crippen LogP contribution in [-0.2, 0) is 4.79 Å². The molecule has 0 aliphatic heterocycles. The summed E-state index contributed by atoms with van der Waals surface area (Å²) in [6.07, 6.45) is 0.0294. The molecular weight excluding hydrogens is 246 g/mol. The van der Waals surface area contributed by atoms with Crippen molar-refractivity contribution in [3.8, 4) is 0 Å². The van der Waals surface area contributed by atoms with Gasteiger partial charge in [0, 0.05) is 18.4 Å². The molecule has 1 amide bonds. The van der Waals surface area contributed by atoms with Crippen molar-refractivity contribution < 1.29 is 14.7 Å². The summed E-state index contributed by atoms with van der Waals surface area (Å²) < 4.78 is 0. The summed E-state index contributed by atoms with van der Waals surface area (Å²) in [5, 5.41) is 18.9. The number of nitrogens with zero attached hydrogens (tertiary/aromatic N) is 1. The van der Waals surface area contributed by atoms with Crippen LogP contribution < -0.4 is 5.32 Å². The lowest BCUT2D eigenvalue weighted by Crippen LogP contribution is -2.29. The van der Waals surface area contributed by atoms with E-state index in [1.807, 2.05) is 24.3 Å². The number of benzene rings is 1. The number of aliphatic carboxylic acids is 1. The molecule has 6 heteroatoms. The fourth-order valence-corrected chi connectivity index (χ4v) is 1.86. The third-order valence-corrected chi connectivity index (χ3v) is 2.82. The predicted molar refractivity (Wildman–Crippen MR) is 69.8 cm³/mol. The smallest absolute Gasteiger partial charge is 0.303 e. The fraction of sp³-hybridized carbons (Fsp3) is 0.308. The first-order valence-electron chi connectivity index (χ1n) is 6.01. The number of aromatic nitrogens is 2. The topological polar surface area (TPSA) is 95.1 Å². The molecule has 0 aliphatic rings. The van der Waals surface area contributed by atoms with Crippen LogP contribution in [0.4, 0.5) is 0 Å². The van der Waals surface area contributed by atoms with E-state index in [9.17, 15) is 9.59 Å². The summed E-state index contributed by atoms with van der Waals surface area (Å²) in [4.78, 5) is 22.5. The molecule has 0 aliphatic carbocycles. The van der Waals surface area contributed by atoms with E-state index in [1.165, 1.54) is 0 Å². The number of amides is 1. The largest absolute Gasteiger partial charge is 0.481 e. The minimum atomic E-state index is -0.869. The van der Waals surface area contributed by atoms with E-state index in [2.05, 4.69) is 15.5 Å². The van der Waals surface area contributed by atoms with Crippen molar-refractivity contribution in [2.75, 3.05) is 6.54 Å². The number of rotatable bonds is 5. The average Bonchev–Trinajstić information content (AvgIpc) is 2.79. The minimum Gasteiger partial charge on any atom is -0.481 e. The average molecular weight is 261 g/mol. The van der Waals surface area contributed by atoms with Crippen LogP contribution in [0, 0.1) is 5.92 Å². The molecule has 2 aromatic rings. The molecule has 1 aromatic heterocycles. The second kappa shape index (κ2) is 5.51. The summed E-state index contributed by atoms with van der Waals surface area (Å²) in [5.74, 6) is -1.28. The van der Waals surface area contributed by atoms with Crippen LogP contribution in [-0.4, -0.2) is 33.7 Å². The molecule has 0 bridgehead atoms. The minimum absolute atomic E-state index is 0.0294. The molecule has 0 spiro atoms. The van der Waals surface area contributed by atoms with E-state index in [-0.39, 0.29) is 18.2 Å². The lowest BCUT2D eigenvalue weighted by Gasteiger charge is -2.09. The highest BCUT2D eigenvalue weighted by Crippen LogP contribution is 2.14. The summed E-state index contributed by atoms with van der Waals surface area (Å²) in [5.41, 5.74) is 1.13. The van der Waals surface area contributed by atoms with Crippen molar-refractivity contribution in [1.82, 2.24) is 15.5 Å². The number of carboxylic acid groups (broad SMARTS) is 1. The Morgan fingerprint density at radius 2 is 2.16 bits per heavy atom. The Bertz CT molecular complexity index is 606. The normalized spacial score (nSPS) is 12.3. The number of fused-ring (bicyclic) bond motifs is 1. The number of hydrogen-bond donors (Lipinski definition) is 3. The molecule has 0 saturated carbocycles. The third-order valence-electron chi connectivity index (χ3n) is 2.82. The van der Waals surface area contributed by atoms with Crippen molar-refractivity contribution >= 4 is 22.8 Å². The van der Waals surface area contributed by atoms with Gasteiger partial charge in [0.15, 0.2) is 5.69 Å². The maximum Gasteiger partial charge on any atom is 0.303 e. The molecule has 0 fully saturated rings. The Kier molecular flexibility index (Phi) is 3.79. The highest BCUT2D eigenvalue weighted by Gasteiger charge is 2.15. The molecule has 1 atom stereocenters. The molecule has 1 aromatic carbocycles. The highest BCUT2D eigenvalue weighted by atomic mass is 16.4. The van der Waals surface area contributed by atoms with Crippen LogP contribution in [0.15, 0.2) is 24.3 Å². The molecule has 0 saturated heterocycles. The predicted octanol–water partition coefficient (Wildman–Crippen LogP) is 1.40. The number of carbonyl (C=O) groups excluding carboxylic acids is 1. The van der Waals surface area contributed by atoms with Gasteiger partial charge in [0.05, 0.1) is 5.52 Å². The lowest BCUT2D eigenvalue weighted by molar-refractivity contribution is -0.137. The van der Waals surface area contributed by atoms with Crippen molar-refractivity contribution in [1.29, 1.82) is 0 Å². The zero-order chi connectivity index (χ0) is 13.8. The van der Waals surface area contributed by atoms with Crippen LogP contribution in [0.25, 0.3) is 10.9 Å². The Balaban J connectivity index is 2.02. The maximum atomic E-state index is 12.0. The Morgan fingerprint density at radius 1 is 1.42 bits per heavy atom. The monoisotopic (exact) mass is 261 g/mol. The van der Waals surface area contributed by atoms with Crippen LogP contribution in [0.3, 0.4) is 0 Å². The summed E-state index contributed by atoms with van der Waals surface area (Å²) in [6, 6.07) is 7.35. The number of H-pyrrole nitrogens is 1. The first-order chi connectivity index (χ1) is 9.08. The fourth-order valence-electron chi connectivity index (χ4n) is 1.86. The Hall–Kier alpha value is -2.37. The van der Waals surface area contributed by atoms with E-state index >= 15 is 0 Å². The number of nitrogens with one attached hydrogen (secondary N) is 2. The number of aromatic amines is 1. The maximum absolute atomic E-state index is 12.0. The van der Waals surface area contributed by atoms with E-state index < -0.39 is 5.97 Å². The molecule has 19 heavy (non-hydrogen) atoms. The molecule has 3 N–H and O–H groups in total. The van der Waals surface area contributed by atoms with Crippen molar-refractivity contribution in [3.63, 3.8) is 0 Å². The third kappa shape index (κ3) is 3.09. The van der Waals surface area contributed by atoms with Gasteiger partial charge in [-0.05, 0) is 12.0 Å². The van der Waals surface area contributed by atoms with Gasteiger partial charge in [-0.2, -0.15) is 5.10 Å². The van der Waals surface area contributed by atoms with Crippen molar-refractivity contribution in [2.45, 2.75) is 13.3 Å². The van der Waals surface area contributed by atoms with Crippen LogP contribution >= 0.6 is 0 Å². The zero-order valence-electron chi connectivity index (χ0n) is 10.5. The van der Waals surface area contributed by atoms with E-state index in [4.69, 9.17) is 5.11 Å². The summed E-state index contributed by atoms with van der Waals surface area (Å²) in [7, 11) is 0. The summed E-state index contributed by atoms with van der Waals surface area (Å²) in [6.45, 7) is 2.09. The molecule has 1 heterocycles. The van der Waals surface area contributed by atoms with Gasteiger partial charge in [-0.15, -0.1) is 0 Å². The second-order valence-electron chi connectivity index (χ2n) is 4.53. The van der Waals surface area contributed by atoms with Gasteiger partial charge < -0.3 is 10.4 Å². The Morgan fingerprint density at radius 3 is 2.89 bits per heavy atom. The molecule has 0 radical (unpaired) electrons. The number of carbonyl (C=O) groups is 2.